The van der Waals surface area contributed by atoms with E-state index >= 15 is 0 Å². The van der Waals surface area contributed by atoms with Crippen molar-refractivity contribution in [2.75, 3.05) is 11.9 Å². The first-order valence-electron chi connectivity index (χ1n) is 7.86. The molecule has 0 bridgehead atoms. The maximum Gasteiger partial charge on any atom is 0.203 e. The predicted octanol–water partition coefficient (Wildman–Crippen LogP) is 5.25. The fourth-order valence-electron chi connectivity index (χ4n) is 2.50. The molecule has 1 saturated carbocycles. The lowest BCUT2D eigenvalue weighted by molar-refractivity contribution is 0.485. The molecule has 3 N–H and O–H groups in total. The molecular formula is C14H29N4S2+. The second-order valence-electron chi connectivity index (χ2n) is 5.74. The Morgan fingerprint density at radius 1 is 1.40 bits per heavy atom. The second kappa shape index (κ2) is 8.08. The van der Waals surface area contributed by atoms with Crippen LogP contribution in [0.2, 0.25) is 0 Å². The molecule has 1 aromatic heterocycles. The molecule has 4 nitrogen and oxygen atoms in total. The number of nitrogens with one attached hydrogen (secondary N) is 3. The molecule has 1 atom stereocenters. The standard InChI is InChI=1S/C14H29N4S2/c1-4-10-15-14-11-20(13-8-6-5-7-9-13)17-18(16-14)19-12(2)3/h11-13,15-17H,4-10H2,1-3H3/q+1. The van der Waals surface area contributed by atoms with Gasteiger partial charge >= 0.3 is 0 Å². The van der Waals surface area contributed by atoms with E-state index in [0.717, 1.165) is 18.2 Å². The van der Waals surface area contributed by atoms with Gasteiger partial charge in [0, 0.05) is 24.6 Å². The first kappa shape index (κ1) is 15.9. The minimum atomic E-state index is 0.157. The number of rotatable bonds is 6. The van der Waals surface area contributed by atoms with E-state index in [9.17, 15) is 0 Å². The average molecular weight is 318 g/mol. The summed E-state index contributed by atoms with van der Waals surface area (Å²) in [5.74, 6) is 1.17. The van der Waals surface area contributed by atoms with Gasteiger partial charge in [-0.15, -0.1) is 8.69 Å². The van der Waals surface area contributed by atoms with E-state index in [1.165, 1.54) is 37.9 Å². The van der Waals surface area contributed by atoms with E-state index < -0.39 is 0 Å². The largest absolute Gasteiger partial charge is 0.366 e. The first-order valence-corrected chi connectivity index (χ1v) is 10.0. The van der Waals surface area contributed by atoms with Crippen LogP contribution >= 0.6 is 22.6 Å². The Balaban J connectivity index is 2.19. The van der Waals surface area contributed by atoms with Crippen LogP contribution < -0.4 is 5.32 Å². The summed E-state index contributed by atoms with van der Waals surface area (Å²) < 4.78 is 5.77. The minimum Gasteiger partial charge on any atom is -0.366 e. The van der Waals surface area contributed by atoms with Crippen molar-refractivity contribution in [1.82, 2.24) is 13.8 Å². The third kappa shape index (κ3) is 4.81. The Labute approximate surface area is 129 Å². The highest BCUT2D eigenvalue weighted by molar-refractivity contribution is 7.98. The molecule has 0 spiro atoms. The Kier molecular flexibility index (Phi) is 6.42. The maximum atomic E-state index is 3.66. The van der Waals surface area contributed by atoms with Crippen molar-refractivity contribution in [2.24, 2.45) is 0 Å². The summed E-state index contributed by atoms with van der Waals surface area (Å²) in [6.07, 6.45) is 8.10. The zero-order valence-electron chi connectivity index (χ0n) is 12.9. The lowest BCUT2D eigenvalue weighted by Crippen LogP contribution is -2.11. The molecule has 1 aliphatic carbocycles. The Bertz CT molecular complexity index is 420. The van der Waals surface area contributed by atoms with Crippen LogP contribution in [0.4, 0.5) is 5.82 Å². The number of aromatic nitrogens is 3. The van der Waals surface area contributed by atoms with Gasteiger partial charge in [0.2, 0.25) is 5.38 Å². The van der Waals surface area contributed by atoms with Crippen molar-refractivity contribution in [1.29, 1.82) is 0 Å². The number of nitrogens with zero attached hydrogens (tertiary/aromatic N) is 1. The molecule has 0 radical (unpaired) electrons. The van der Waals surface area contributed by atoms with Gasteiger partial charge in [-0.2, -0.15) is 0 Å². The number of hydrogen-bond donors (Lipinski definition) is 3. The summed E-state index contributed by atoms with van der Waals surface area (Å²) in [4.78, 5) is 0. The molecule has 6 heteroatoms. The molecule has 1 heterocycles. The first-order chi connectivity index (χ1) is 9.69. The van der Waals surface area contributed by atoms with Gasteiger partial charge in [-0.05, 0) is 31.2 Å². The van der Waals surface area contributed by atoms with Crippen molar-refractivity contribution < 1.29 is 0 Å². The van der Waals surface area contributed by atoms with Gasteiger partial charge in [0.25, 0.3) is 0 Å². The number of hydrogen-bond acceptors (Lipinski definition) is 2. The van der Waals surface area contributed by atoms with E-state index in [1.54, 1.807) is 0 Å². The van der Waals surface area contributed by atoms with Crippen LogP contribution in [0.3, 0.4) is 0 Å². The molecule has 2 rings (SSSR count). The summed E-state index contributed by atoms with van der Waals surface area (Å²) in [7, 11) is 0.157. The van der Waals surface area contributed by atoms with Crippen LogP contribution in [-0.2, 0) is 0 Å². The molecule has 1 aliphatic rings. The highest BCUT2D eigenvalue weighted by atomic mass is 32.2. The van der Waals surface area contributed by atoms with Gasteiger partial charge in [0.15, 0.2) is 11.1 Å². The minimum absolute atomic E-state index is 0.157. The SMILES string of the molecule is CCCNc1c[s+](C2CCCCC2)[nH]n(SC(C)C)[nH]1. The van der Waals surface area contributed by atoms with Crippen LogP contribution in [-0.4, -0.2) is 25.6 Å². The van der Waals surface area contributed by atoms with Crippen LogP contribution in [0, 0.1) is 0 Å². The Hall–Kier alpha value is -0.490. The van der Waals surface area contributed by atoms with Crippen molar-refractivity contribution in [2.45, 2.75) is 69.8 Å². The van der Waals surface area contributed by atoms with E-state index in [-0.39, 0.29) is 10.7 Å². The lowest BCUT2D eigenvalue weighted by Gasteiger charge is -2.17. The van der Waals surface area contributed by atoms with Crippen molar-refractivity contribution >= 4 is 28.4 Å². The highest BCUT2D eigenvalue weighted by Gasteiger charge is 2.25. The van der Waals surface area contributed by atoms with Crippen molar-refractivity contribution in [3.63, 3.8) is 0 Å². The fraction of sp³-hybridized carbons (Fsp3) is 0.857. The molecule has 1 unspecified atom stereocenters. The van der Waals surface area contributed by atoms with Crippen molar-refractivity contribution in [3.8, 4) is 0 Å². The quantitative estimate of drug-likeness (QED) is 0.628. The molecule has 0 aromatic carbocycles. The summed E-state index contributed by atoms with van der Waals surface area (Å²) in [5, 5.41) is 10.7. The smallest absolute Gasteiger partial charge is 0.203 e. The average Bonchev–Trinajstić information content (AvgIpc) is 2.45. The predicted molar refractivity (Wildman–Crippen MR) is 92.3 cm³/mol. The molecule has 0 aliphatic heterocycles. The topological polar surface area (TPSA) is 48.5 Å². The van der Waals surface area contributed by atoms with Gasteiger partial charge in [0.1, 0.15) is 0 Å². The molecule has 1 aromatic rings. The normalized spacial score (nSPS) is 17.5. The molecule has 0 saturated heterocycles. The number of aromatic amines is 2. The number of anilines is 1. The zero-order valence-corrected chi connectivity index (χ0v) is 14.6. The molecule has 116 valence electrons. The van der Waals surface area contributed by atoms with E-state index in [4.69, 9.17) is 0 Å². The zero-order chi connectivity index (χ0) is 14.4. The van der Waals surface area contributed by atoms with Gasteiger partial charge in [-0.3, -0.25) is 5.10 Å². The van der Waals surface area contributed by atoms with Crippen molar-refractivity contribution in [3.05, 3.63) is 5.38 Å². The Morgan fingerprint density at radius 2 is 2.15 bits per heavy atom. The van der Waals surface area contributed by atoms with Crippen LogP contribution in [0.15, 0.2) is 5.38 Å². The summed E-state index contributed by atoms with van der Waals surface area (Å²) in [5.41, 5.74) is 0. The molecule has 20 heavy (non-hydrogen) atoms. The van der Waals surface area contributed by atoms with Gasteiger partial charge < -0.3 is 5.32 Å². The molecule has 1 fully saturated rings. The lowest BCUT2D eigenvalue weighted by atomic mass is 10.0. The third-order valence-electron chi connectivity index (χ3n) is 3.45. The van der Waals surface area contributed by atoms with E-state index in [2.05, 4.69) is 45.3 Å². The van der Waals surface area contributed by atoms with Gasteiger partial charge in [-0.25, -0.2) is 0 Å². The van der Waals surface area contributed by atoms with Crippen LogP contribution in [0.25, 0.3) is 0 Å². The fourth-order valence-corrected chi connectivity index (χ4v) is 5.36. The van der Waals surface area contributed by atoms with Gasteiger partial charge in [0.05, 0.1) is 10.7 Å². The summed E-state index contributed by atoms with van der Waals surface area (Å²) >= 11 is 1.82. The van der Waals surface area contributed by atoms with E-state index in [1.807, 2.05) is 11.9 Å². The summed E-state index contributed by atoms with van der Waals surface area (Å²) in [6, 6.07) is 0. The van der Waals surface area contributed by atoms with Gasteiger partial charge in [-0.1, -0.05) is 27.2 Å². The number of H-pyrrole nitrogens is 2. The maximum absolute atomic E-state index is 3.66. The van der Waals surface area contributed by atoms with Crippen LogP contribution in [0.5, 0.6) is 0 Å². The van der Waals surface area contributed by atoms with E-state index in [0.29, 0.717) is 5.25 Å². The Morgan fingerprint density at radius 3 is 2.80 bits per heavy atom. The van der Waals surface area contributed by atoms with Crippen LogP contribution in [0.1, 0.15) is 64.5 Å². The monoisotopic (exact) mass is 317 g/mol. The highest BCUT2D eigenvalue weighted by Crippen LogP contribution is 2.40. The molecular weight excluding hydrogens is 288 g/mol. The summed E-state index contributed by atoms with van der Waals surface area (Å²) in [6.45, 7) is 7.69. The second-order valence-corrected chi connectivity index (χ2v) is 9.09. The molecule has 0 amide bonds. The third-order valence-corrected chi connectivity index (χ3v) is 6.45.